The quantitative estimate of drug-likeness (QED) is 0.892. The SMILES string of the molecule is CC(C)C(N)C(=O)NCc1cc(Br)cs1. The normalized spacial score (nSPS) is 12.9. The lowest BCUT2D eigenvalue weighted by Gasteiger charge is -2.14. The van der Waals surface area contributed by atoms with Gasteiger partial charge < -0.3 is 11.1 Å². The lowest BCUT2D eigenvalue weighted by molar-refractivity contribution is -0.123. The van der Waals surface area contributed by atoms with Crippen LogP contribution in [-0.2, 0) is 11.3 Å². The number of thiophene rings is 1. The number of carbonyl (C=O) groups excluding carboxylic acids is 1. The molecule has 0 saturated heterocycles. The molecular weight excluding hydrogens is 276 g/mol. The van der Waals surface area contributed by atoms with Gasteiger partial charge in [0.1, 0.15) is 0 Å². The van der Waals surface area contributed by atoms with Crippen LogP contribution in [0.1, 0.15) is 18.7 Å². The number of nitrogens with two attached hydrogens (primary N) is 1. The van der Waals surface area contributed by atoms with Gasteiger partial charge >= 0.3 is 0 Å². The summed E-state index contributed by atoms with van der Waals surface area (Å²) in [5.41, 5.74) is 5.71. The number of nitrogens with one attached hydrogen (secondary N) is 1. The van der Waals surface area contributed by atoms with Crippen molar-refractivity contribution in [1.29, 1.82) is 0 Å². The molecule has 1 unspecified atom stereocenters. The van der Waals surface area contributed by atoms with Crippen molar-refractivity contribution >= 4 is 33.2 Å². The highest BCUT2D eigenvalue weighted by Crippen LogP contribution is 2.19. The number of rotatable bonds is 4. The summed E-state index contributed by atoms with van der Waals surface area (Å²) in [6.07, 6.45) is 0. The molecule has 0 fully saturated rings. The van der Waals surface area contributed by atoms with Gasteiger partial charge in [-0.25, -0.2) is 0 Å². The third kappa shape index (κ3) is 3.93. The summed E-state index contributed by atoms with van der Waals surface area (Å²) in [5.74, 6) is 0.0783. The number of hydrogen-bond donors (Lipinski definition) is 2. The molecule has 0 aliphatic carbocycles. The summed E-state index contributed by atoms with van der Waals surface area (Å²) in [4.78, 5) is 12.6. The monoisotopic (exact) mass is 290 g/mol. The highest BCUT2D eigenvalue weighted by atomic mass is 79.9. The van der Waals surface area contributed by atoms with Crippen molar-refractivity contribution in [3.63, 3.8) is 0 Å². The van der Waals surface area contributed by atoms with E-state index in [1.807, 2.05) is 25.3 Å². The zero-order chi connectivity index (χ0) is 11.4. The van der Waals surface area contributed by atoms with Crippen LogP contribution < -0.4 is 11.1 Å². The molecule has 3 nitrogen and oxygen atoms in total. The van der Waals surface area contributed by atoms with E-state index in [4.69, 9.17) is 5.73 Å². The summed E-state index contributed by atoms with van der Waals surface area (Å²) in [6, 6.07) is 1.57. The Labute approximate surface area is 102 Å². The van der Waals surface area contributed by atoms with E-state index in [9.17, 15) is 4.79 Å². The molecule has 1 rings (SSSR count). The van der Waals surface area contributed by atoms with Crippen LogP contribution >= 0.6 is 27.3 Å². The predicted molar refractivity (Wildman–Crippen MR) is 66.7 cm³/mol. The number of carbonyl (C=O) groups is 1. The molecule has 0 radical (unpaired) electrons. The van der Waals surface area contributed by atoms with Crippen LogP contribution in [0.3, 0.4) is 0 Å². The van der Waals surface area contributed by atoms with E-state index in [0.29, 0.717) is 6.54 Å². The standard InChI is InChI=1S/C10H15BrN2OS/c1-6(2)9(12)10(14)13-4-8-3-7(11)5-15-8/h3,5-6,9H,4,12H2,1-2H3,(H,13,14). The van der Waals surface area contributed by atoms with Crippen molar-refractivity contribution in [2.24, 2.45) is 11.7 Å². The fraction of sp³-hybridized carbons (Fsp3) is 0.500. The summed E-state index contributed by atoms with van der Waals surface area (Å²) < 4.78 is 1.05. The molecule has 0 aromatic carbocycles. The molecule has 0 spiro atoms. The maximum absolute atomic E-state index is 11.5. The smallest absolute Gasteiger partial charge is 0.237 e. The topological polar surface area (TPSA) is 55.1 Å². The van der Waals surface area contributed by atoms with E-state index >= 15 is 0 Å². The molecule has 1 heterocycles. The molecule has 0 aliphatic heterocycles. The van der Waals surface area contributed by atoms with Crippen LogP contribution in [0.2, 0.25) is 0 Å². The van der Waals surface area contributed by atoms with Crippen LogP contribution in [0.5, 0.6) is 0 Å². The molecule has 3 N–H and O–H groups in total. The second-order valence-corrected chi connectivity index (χ2v) is 5.63. The number of hydrogen-bond acceptors (Lipinski definition) is 3. The zero-order valence-electron chi connectivity index (χ0n) is 8.79. The van der Waals surface area contributed by atoms with Crippen molar-refractivity contribution in [3.8, 4) is 0 Å². The molecule has 1 aromatic rings. The molecule has 1 aromatic heterocycles. The van der Waals surface area contributed by atoms with Gasteiger partial charge in [0.2, 0.25) is 5.91 Å². The van der Waals surface area contributed by atoms with Crippen molar-refractivity contribution in [2.75, 3.05) is 0 Å². The highest BCUT2D eigenvalue weighted by Gasteiger charge is 2.16. The highest BCUT2D eigenvalue weighted by molar-refractivity contribution is 9.10. The van der Waals surface area contributed by atoms with E-state index in [2.05, 4.69) is 21.2 Å². The number of halogens is 1. The lowest BCUT2D eigenvalue weighted by atomic mass is 10.1. The van der Waals surface area contributed by atoms with Crippen LogP contribution in [0.15, 0.2) is 15.9 Å². The van der Waals surface area contributed by atoms with E-state index in [1.54, 1.807) is 11.3 Å². The fourth-order valence-electron chi connectivity index (χ4n) is 1.04. The Hall–Kier alpha value is -0.390. The van der Waals surface area contributed by atoms with Crippen molar-refractivity contribution in [1.82, 2.24) is 5.32 Å². The first-order chi connectivity index (χ1) is 7.00. The Kier molecular flexibility index (Phi) is 4.76. The van der Waals surface area contributed by atoms with Gasteiger partial charge in [-0.3, -0.25) is 4.79 Å². The van der Waals surface area contributed by atoms with Gasteiger partial charge in [0, 0.05) is 14.7 Å². The van der Waals surface area contributed by atoms with Crippen molar-refractivity contribution < 1.29 is 4.79 Å². The van der Waals surface area contributed by atoms with Gasteiger partial charge in [-0.1, -0.05) is 13.8 Å². The maximum Gasteiger partial charge on any atom is 0.237 e. The molecular formula is C10H15BrN2OS. The minimum atomic E-state index is -0.423. The molecule has 84 valence electrons. The molecule has 1 atom stereocenters. The molecule has 0 saturated carbocycles. The van der Waals surface area contributed by atoms with Gasteiger partial charge in [0.15, 0.2) is 0 Å². The Morgan fingerprint density at radius 3 is 2.80 bits per heavy atom. The van der Waals surface area contributed by atoms with Gasteiger partial charge in [-0.2, -0.15) is 0 Å². The molecule has 0 aliphatic rings. The van der Waals surface area contributed by atoms with Crippen LogP contribution in [0, 0.1) is 5.92 Å². The van der Waals surface area contributed by atoms with Crippen LogP contribution in [0.25, 0.3) is 0 Å². The minimum absolute atomic E-state index is 0.0884. The van der Waals surface area contributed by atoms with Crippen molar-refractivity contribution in [3.05, 3.63) is 20.8 Å². The van der Waals surface area contributed by atoms with E-state index in [0.717, 1.165) is 9.35 Å². The lowest BCUT2D eigenvalue weighted by Crippen LogP contribution is -2.43. The third-order valence-corrected chi connectivity index (χ3v) is 3.78. The van der Waals surface area contributed by atoms with E-state index < -0.39 is 6.04 Å². The van der Waals surface area contributed by atoms with Crippen LogP contribution in [-0.4, -0.2) is 11.9 Å². The molecule has 5 heteroatoms. The summed E-state index contributed by atoms with van der Waals surface area (Å²) >= 11 is 4.97. The average molecular weight is 291 g/mol. The van der Waals surface area contributed by atoms with E-state index in [1.165, 1.54) is 0 Å². The number of amides is 1. The Bertz CT molecular complexity index is 338. The summed E-state index contributed by atoms with van der Waals surface area (Å²) in [6.45, 7) is 4.42. The molecule has 1 amide bonds. The van der Waals surface area contributed by atoms with Gasteiger partial charge in [-0.05, 0) is 27.9 Å². The third-order valence-electron chi connectivity index (χ3n) is 2.08. The zero-order valence-corrected chi connectivity index (χ0v) is 11.2. The molecule has 15 heavy (non-hydrogen) atoms. The minimum Gasteiger partial charge on any atom is -0.350 e. The largest absolute Gasteiger partial charge is 0.350 e. The van der Waals surface area contributed by atoms with Crippen LogP contribution in [0.4, 0.5) is 0 Å². The average Bonchev–Trinajstić information content (AvgIpc) is 2.59. The Balaban J connectivity index is 2.40. The van der Waals surface area contributed by atoms with E-state index in [-0.39, 0.29) is 11.8 Å². The fourth-order valence-corrected chi connectivity index (χ4v) is 2.43. The van der Waals surface area contributed by atoms with Gasteiger partial charge in [0.05, 0.1) is 12.6 Å². The predicted octanol–water partition coefficient (Wildman–Crippen LogP) is 2.11. The maximum atomic E-state index is 11.5. The first-order valence-electron chi connectivity index (χ1n) is 4.77. The Morgan fingerprint density at radius 1 is 1.67 bits per heavy atom. The summed E-state index contributed by atoms with van der Waals surface area (Å²) in [7, 11) is 0. The first-order valence-corrected chi connectivity index (χ1v) is 6.44. The molecule has 0 bridgehead atoms. The summed E-state index contributed by atoms with van der Waals surface area (Å²) in [5, 5.41) is 4.81. The van der Waals surface area contributed by atoms with Gasteiger partial charge in [-0.15, -0.1) is 11.3 Å². The van der Waals surface area contributed by atoms with Gasteiger partial charge in [0.25, 0.3) is 0 Å². The second kappa shape index (κ2) is 5.63. The first kappa shape index (κ1) is 12.7. The Morgan fingerprint density at radius 2 is 2.33 bits per heavy atom. The second-order valence-electron chi connectivity index (χ2n) is 3.72. The van der Waals surface area contributed by atoms with Crippen molar-refractivity contribution in [2.45, 2.75) is 26.4 Å².